The molecule has 3 heterocycles. The molecule has 0 radical (unpaired) electrons. The fourth-order valence-electron chi connectivity index (χ4n) is 3.13. The smallest absolute Gasteiger partial charge is 0.139 e. The van der Waals surface area contributed by atoms with E-state index < -0.39 is 0 Å². The summed E-state index contributed by atoms with van der Waals surface area (Å²) >= 11 is 0. The van der Waals surface area contributed by atoms with Gasteiger partial charge in [-0.3, -0.25) is 0 Å². The highest BCUT2D eigenvalue weighted by Crippen LogP contribution is 2.28. The third kappa shape index (κ3) is 2.98. The van der Waals surface area contributed by atoms with Crippen molar-refractivity contribution in [3.8, 4) is 5.69 Å². The summed E-state index contributed by atoms with van der Waals surface area (Å²) in [4.78, 5) is 4.43. The molecule has 6 nitrogen and oxygen atoms in total. The maximum Gasteiger partial charge on any atom is 0.139 e. The Morgan fingerprint density at radius 2 is 2.17 bits per heavy atom. The Labute approximate surface area is 141 Å². The van der Waals surface area contributed by atoms with Crippen molar-refractivity contribution in [3.63, 3.8) is 0 Å². The maximum atomic E-state index is 5.89. The SMILES string of the molecule is Cn1ccnc1[C@H]1OCC[C@@H]1NCc1cnn(-c2ccccc2)c1. The molecule has 1 aromatic carbocycles. The van der Waals surface area contributed by atoms with Crippen molar-refractivity contribution in [1.82, 2.24) is 24.6 Å². The van der Waals surface area contributed by atoms with Crippen LogP contribution < -0.4 is 5.32 Å². The van der Waals surface area contributed by atoms with Gasteiger partial charge in [-0.15, -0.1) is 0 Å². The Kier molecular flexibility index (Phi) is 4.15. The van der Waals surface area contributed by atoms with E-state index >= 15 is 0 Å². The highest BCUT2D eigenvalue weighted by atomic mass is 16.5. The molecule has 3 aromatic rings. The summed E-state index contributed by atoms with van der Waals surface area (Å²) < 4.78 is 9.81. The average molecular weight is 323 g/mol. The van der Waals surface area contributed by atoms with Crippen LogP contribution in [0.2, 0.25) is 0 Å². The number of rotatable bonds is 5. The van der Waals surface area contributed by atoms with Crippen LogP contribution in [0.3, 0.4) is 0 Å². The molecule has 124 valence electrons. The summed E-state index contributed by atoms with van der Waals surface area (Å²) in [6.07, 6.45) is 8.74. The van der Waals surface area contributed by atoms with E-state index in [1.165, 1.54) is 0 Å². The largest absolute Gasteiger partial charge is 0.369 e. The van der Waals surface area contributed by atoms with Crippen molar-refractivity contribution in [1.29, 1.82) is 0 Å². The predicted octanol–water partition coefficient (Wildman–Crippen LogP) is 2.23. The summed E-state index contributed by atoms with van der Waals surface area (Å²) in [7, 11) is 2.00. The second kappa shape index (κ2) is 6.59. The average Bonchev–Trinajstić information content (AvgIpc) is 3.34. The van der Waals surface area contributed by atoms with Crippen molar-refractivity contribution in [3.05, 3.63) is 66.5 Å². The highest BCUT2D eigenvalue weighted by Gasteiger charge is 2.31. The van der Waals surface area contributed by atoms with E-state index in [1.807, 2.05) is 65.2 Å². The molecule has 1 aliphatic rings. The molecule has 2 atom stereocenters. The number of imidazole rings is 1. The molecule has 0 bridgehead atoms. The number of ether oxygens (including phenoxy) is 1. The number of para-hydroxylation sites is 1. The van der Waals surface area contributed by atoms with Crippen LogP contribution >= 0.6 is 0 Å². The van der Waals surface area contributed by atoms with Gasteiger partial charge in [0.1, 0.15) is 11.9 Å². The lowest BCUT2D eigenvalue weighted by atomic mass is 10.1. The molecule has 0 spiro atoms. The van der Waals surface area contributed by atoms with Gasteiger partial charge >= 0.3 is 0 Å². The molecule has 1 N–H and O–H groups in total. The van der Waals surface area contributed by atoms with E-state index in [4.69, 9.17) is 4.74 Å². The number of hydrogen-bond donors (Lipinski definition) is 1. The van der Waals surface area contributed by atoms with E-state index in [2.05, 4.69) is 21.6 Å². The van der Waals surface area contributed by atoms with Crippen LogP contribution in [0.15, 0.2) is 55.1 Å². The van der Waals surface area contributed by atoms with Crippen LogP contribution in [-0.4, -0.2) is 32.0 Å². The minimum atomic E-state index is 0.00849. The molecule has 0 saturated carbocycles. The standard InChI is InChI=1S/C18H21N5O/c1-22-9-8-19-18(22)17-16(7-10-24-17)20-11-14-12-21-23(13-14)15-5-3-2-4-6-15/h2-6,8-9,12-13,16-17,20H,7,10-11H2,1H3/t16-,17-/m0/s1. The zero-order valence-corrected chi connectivity index (χ0v) is 13.7. The first kappa shape index (κ1) is 15.1. The Morgan fingerprint density at radius 1 is 1.29 bits per heavy atom. The maximum absolute atomic E-state index is 5.89. The number of benzene rings is 1. The van der Waals surface area contributed by atoms with Crippen LogP contribution in [0.1, 0.15) is 23.9 Å². The molecule has 6 heteroatoms. The fourth-order valence-corrected chi connectivity index (χ4v) is 3.13. The van der Waals surface area contributed by atoms with Crippen LogP contribution in [0, 0.1) is 0 Å². The van der Waals surface area contributed by atoms with Crippen molar-refractivity contribution >= 4 is 0 Å². The number of nitrogens with one attached hydrogen (secondary N) is 1. The molecule has 0 amide bonds. The Hall–Kier alpha value is -2.44. The first-order chi connectivity index (χ1) is 11.8. The fraction of sp³-hybridized carbons (Fsp3) is 0.333. The zero-order valence-electron chi connectivity index (χ0n) is 13.7. The third-order valence-corrected chi connectivity index (χ3v) is 4.43. The monoisotopic (exact) mass is 323 g/mol. The summed E-state index contributed by atoms with van der Waals surface area (Å²) in [6.45, 7) is 1.53. The molecular weight excluding hydrogens is 302 g/mol. The van der Waals surface area contributed by atoms with Gasteiger partial charge in [-0.2, -0.15) is 5.10 Å². The molecule has 1 aliphatic heterocycles. The Morgan fingerprint density at radius 3 is 2.96 bits per heavy atom. The van der Waals surface area contributed by atoms with Gasteiger partial charge in [0.15, 0.2) is 0 Å². The first-order valence-corrected chi connectivity index (χ1v) is 8.22. The van der Waals surface area contributed by atoms with Crippen molar-refractivity contribution in [2.24, 2.45) is 7.05 Å². The number of aryl methyl sites for hydroxylation is 1. The van der Waals surface area contributed by atoms with Gasteiger partial charge < -0.3 is 14.6 Å². The number of nitrogens with zero attached hydrogens (tertiary/aromatic N) is 4. The lowest BCUT2D eigenvalue weighted by molar-refractivity contribution is 0.0893. The molecule has 1 fully saturated rings. The summed E-state index contributed by atoms with van der Waals surface area (Å²) in [6, 6.07) is 10.4. The molecule has 1 saturated heterocycles. The van der Waals surface area contributed by atoms with E-state index in [9.17, 15) is 0 Å². The van der Waals surface area contributed by atoms with Crippen LogP contribution in [0.5, 0.6) is 0 Å². The lowest BCUT2D eigenvalue weighted by Crippen LogP contribution is -2.32. The number of hydrogen-bond acceptors (Lipinski definition) is 4. The van der Waals surface area contributed by atoms with E-state index in [0.717, 1.165) is 36.6 Å². The summed E-state index contributed by atoms with van der Waals surface area (Å²) in [5, 5.41) is 8.04. The molecule has 24 heavy (non-hydrogen) atoms. The van der Waals surface area contributed by atoms with Crippen molar-refractivity contribution in [2.45, 2.75) is 25.1 Å². The summed E-state index contributed by atoms with van der Waals surface area (Å²) in [5.41, 5.74) is 2.23. The molecular formula is C18H21N5O. The third-order valence-electron chi connectivity index (χ3n) is 4.43. The van der Waals surface area contributed by atoms with Gasteiger partial charge in [-0.05, 0) is 18.6 Å². The Balaban J connectivity index is 1.42. The second-order valence-electron chi connectivity index (χ2n) is 6.09. The van der Waals surface area contributed by atoms with Gasteiger partial charge in [0.2, 0.25) is 0 Å². The van der Waals surface area contributed by atoms with E-state index in [1.54, 1.807) is 0 Å². The van der Waals surface area contributed by atoms with Crippen LogP contribution in [-0.2, 0) is 18.3 Å². The minimum absolute atomic E-state index is 0.00849. The minimum Gasteiger partial charge on any atom is -0.369 e. The van der Waals surface area contributed by atoms with E-state index in [-0.39, 0.29) is 12.1 Å². The highest BCUT2D eigenvalue weighted by molar-refractivity contribution is 5.30. The second-order valence-corrected chi connectivity index (χ2v) is 6.09. The van der Waals surface area contributed by atoms with Gasteiger partial charge in [0.05, 0.1) is 11.9 Å². The Bertz CT molecular complexity index is 795. The normalized spacial score (nSPS) is 20.5. The van der Waals surface area contributed by atoms with Gasteiger partial charge in [-0.1, -0.05) is 18.2 Å². The van der Waals surface area contributed by atoms with Crippen molar-refractivity contribution < 1.29 is 4.74 Å². The van der Waals surface area contributed by atoms with Gasteiger partial charge in [-0.25, -0.2) is 9.67 Å². The lowest BCUT2D eigenvalue weighted by Gasteiger charge is -2.19. The molecule has 2 aromatic heterocycles. The van der Waals surface area contributed by atoms with Crippen LogP contribution in [0.4, 0.5) is 0 Å². The zero-order chi connectivity index (χ0) is 16.4. The molecule has 4 rings (SSSR count). The van der Waals surface area contributed by atoms with Crippen molar-refractivity contribution in [2.75, 3.05) is 6.61 Å². The topological polar surface area (TPSA) is 56.9 Å². The van der Waals surface area contributed by atoms with Crippen LogP contribution in [0.25, 0.3) is 5.69 Å². The number of aromatic nitrogens is 4. The van der Waals surface area contributed by atoms with Gasteiger partial charge in [0.25, 0.3) is 0 Å². The molecule has 0 unspecified atom stereocenters. The first-order valence-electron chi connectivity index (χ1n) is 8.22. The quantitative estimate of drug-likeness (QED) is 0.782. The predicted molar refractivity (Wildman–Crippen MR) is 90.7 cm³/mol. The molecule has 0 aliphatic carbocycles. The van der Waals surface area contributed by atoms with Gasteiger partial charge in [0, 0.05) is 50.4 Å². The summed E-state index contributed by atoms with van der Waals surface area (Å²) in [5.74, 6) is 0.977. The van der Waals surface area contributed by atoms with E-state index in [0.29, 0.717) is 0 Å².